The van der Waals surface area contributed by atoms with Crippen LogP contribution in [0.15, 0.2) is 12.2 Å². The molecule has 2 heteroatoms. The van der Waals surface area contributed by atoms with Crippen molar-refractivity contribution < 1.29 is 9.84 Å². The Kier molecular flexibility index (Phi) is 6.01. The molecule has 34 heavy (non-hydrogen) atoms. The molecule has 0 heterocycles. The summed E-state index contributed by atoms with van der Waals surface area (Å²) in [5.41, 5.74) is 3.03. The van der Waals surface area contributed by atoms with Gasteiger partial charge in [0.2, 0.25) is 0 Å². The number of rotatable bonds is 4. The van der Waals surface area contributed by atoms with Gasteiger partial charge in [-0.25, -0.2) is 0 Å². The van der Waals surface area contributed by atoms with Crippen LogP contribution >= 0.6 is 0 Å². The van der Waals surface area contributed by atoms with Gasteiger partial charge in [0.1, 0.15) is 0 Å². The third-order valence-electron chi connectivity index (χ3n) is 13.8. The fourth-order valence-corrected chi connectivity index (χ4v) is 11.8. The van der Waals surface area contributed by atoms with E-state index in [1.54, 1.807) is 0 Å². The first-order chi connectivity index (χ1) is 15.9. The third kappa shape index (κ3) is 3.12. The van der Waals surface area contributed by atoms with Gasteiger partial charge in [-0.3, -0.25) is 0 Å². The summed E-state index contributed by atoms with van der Waals surface area (Å²) in [7, 11) is 0. The second-order valence-electron chi connectivity index (χ2n) is 15.1. The molecular weight excluding hydrogens is 416 g/mol. The number of hydrogen-bond acceptors (Lipinski definition) is 2. The molecular formula is C32H54O2. The van der Waals surface area contributed by atoms with E-state index in [2.05, 4.69) is 55.0 Å². The van der Waals surface area contributed by atoms with Gasteiger partial charge >= 0.3 is 0 Å². The second-order valence-corrected chi connectivity index (χ2v) is 15.1. The van der Waals surface area contributed by atoms with Crippen molar-refractivity contribution in [2.45, 2.75) is 119 Å². The lowest BCUT2D eigenvalue weighted by molar-refractivity contribution is -0.250. The van der Waals surface area contributed by atoms with Crippen LogP contribution in [0.25, 0.3) is 0 Å². The van der Waals surface area contributed by atoms with E-state index in [-0.39, 0.29) is 11.5 Å². The standard InChI is InChI=1S/C32H54O2/c1-9-34-20-32-17-12-22(21(2)3)27(32)23-10-11-25-29(6)15-14-26(33)28(4,5)24(29)13-16-31(25,8)30(23,7)18-19-32/h22-27,33H,2,9-20H2,1,3-8H3/t22-,23?,24?,25?,26-,27?,29-,30+,31+,32+/m0/s1. The van der Waals surface area contributed by atoms with Crippen molar-refractivity contribution in [1.82, 2.24) is 0 Å². The van der Waals surface area contributed by atoms with Gasteiger partial charge in [0.05, 0.1) is 12.7 Å². The molecule has 194 valence electrons. The highest BCUT2D eigenvalue weighted by Crippen LogP contribution is 2.77. The van der Waals surface area contributed by atoms with Crippen LogP contribution in [0, 0.1) is 56.7 Å². The van der Waals surface area contributed by atoms with Gasteiger partial charge in [0.25, 0.3) is 0 Å². The predicted molar refractivity (Wildman–Crippen MR) is 141 cm³/mol. The number of allylic oxidation sites excluding steroid dienone is 1. The average Bonchev–Trinajstić information content (AvgIpc) is 3.16. The van der Waals surface area contributed by atoms with E-state index in [0.717, 1.165) is 37.4 Å². The van der Waals surface area contributed by atoms with Crippen LogP contribution in [0.1, 0.15) is 113 Å². The Hall–Kier alpha value is -0.340. The van der Waals surface area contributed by atoms with Crippen LogP contribution in [0.3, 0.4) is 0 Å². The fraction of sp³-hybridized carbons (Fsp3) is 0.938. The summed E-state index contributed by atoms with van der Waals surface area (Å²) in [4.78, 5) is 0. The Balaban J connectivity index is 1.53. The van der Waals surface area contributed by atoms with Gasteiger partial charge in [0.15, 0.2) is 0 Å². The molecule has 4 unspecified atom stereocenters. The summed E-state index contributed by atoms with van der Waals surface area (Å²) < 4.78 is 6.22. The highest BCUT2D eigenvalue weighted by Gasteiger charge is 2.70. The highest BCUT2D eigenvalue weighted by atomic mass is 16.5. The third-order valence-corrected chi connectivity index (χ3v) is 13.8. The van der Waals surface area contributed by atoms with Crippen molar-refractivity contribution in [1.29, 1.82) is 0 Å². The molecule has 0 spiro atoms. The van der Waals surface area contributed by atoms with Gasteiger partial charge in [0, 0.05) is 6.61 Å². The molecule has 0 amide bonds. The van der Waals surface area contributed by atoms with Crippen LogP contribution in [0.4, 0.5) is 0 Å². The summed E-state index contributed by atoms with van der Waals surface area (Å²) in [6, 6.07) is 0. The molecule has 0 radical (unpaired) electrons. The minimum atomic E-state index is -0.134. The Morgan fingerprint density at radius 2 is 1.59 bits per heavy atom. The molecule has 5 saturated carbocycles. The number of hydrogen-bond donors (Lipinski definition) is 1. The number of aliphatic hydroxyl groups is 1. The monoisotopic (exact) mass is 470 g/mol. The highest BCUT2D eigenvalue weighted by molar-refractivity contribution is 5.21. The van der Waals surface area contributed by atoms with Gasteiger partial charge in [-0.05, 0) is 135 Å². The Bertz CT molecular complexity index is 816. The summed E-state index contributed by atoms with van der Waals surface area (Å²) >= 11 is 0. The Morgan fingerprint density at radius 3 is 2.26 bits per heavy atom. The lowest BCUT2D eigenvalue weighted by Gasteiger charge is -2.73. The van der Waals surface area contributed by atoms with Crippen LogP contribution in [0.5, 0.6) is 0 Å². The molecule has 2 nitrogen and oxygen atoms in total. The average molecular weight is 471 g/mol. The zero-order valence-corrected chi connectivity index (χ0v) is 23.5. The molecule has 0 aromatic rings. The zero-order chi connectivity index (χ0) is 24.7. The van der Waals surface area contributed by atoms with Crippen molar-refractivity contribution >= 4 is 0 Å². The van der Waals surface area contributed by atoms with Crippen molar-refractivity contribution in [2.24, 2.45) is 56.7 Å². The molecule has 0 saturated heterocycles. The lowest BCUT2D eigenvalue weighted by atomic mass is 9.32. The maximum absolute atomic E-state index is 11.0. The molecule has 5 aliphatic carbocycles. The van der Waals surface area contributed by atoms with E-state index < -0.39 is 0 Å². The van der Waals surface area contributed by atoms with E-state index in [4.69, 9.17) is 4.74 Å². The first kappa shape index (κ1) is 25.3. The van der Waals surface area contributed by atoms with Crippen molar-refractivity contribution in [3.05, 3.63) is 12.2 Å². The van der Waals surface area contributed by atoms with Crippen LogP contribution in [-0.2, 0) is 4.74 Å². The molecule has 5 aliphatic rings. The minimum absolute atomic E-state index is 0.0434. The van der Waals surface area contributed by atoms with Crippen LogP contribution in [-0.4, -0.2) is 24.4 Å². The summed E-state index contributed by atoms with van der Waals surface area (Å²) in [6.07, 6.45) is 12.9. The van der Waals surface area contributed by atoms with E-state index in [0.29, 0.717) is 33.5 Å². The molecule has 0 aromatic heterocycles. The first-order valence-electron chi connectivity index (χ1n) is 14.8. The van der Waals surface area contributed by atoms with Gasteiger partial charge in [-0.1, -0.05) is 46.8 Å². The summed E-state index contributed by atoms with van der Waals surface area (Å²) in [5.74, 6) is 3.67. The van der Waals surface area contributed by atoms with Gasteiger partial charge in [-0.15, -0.1) is 0 Å². The minimum Gasteiger partial charge on any atom is -0.393 e. The quantitative estimate of drug-likeness (QED) is 0.421. The molecule has 0 aliphatic heterocycles. The van der Waals surface area contributed by atoms with Crippen molar-refractivity contribution in [3.8, 4) is 0 Å². The maximum Gasteiger partial charge on any atom is 0.0594 e. The number of ether oxygens (including phenoxy) is 1. The van der Waals surface area contributed by atoms with Crippen LogP contribution in [0.2, 0.25) is 0 Å². The second kappa shape index (κ2) is 8.08. The predicted octanol–water partition coefficient (Wildman–Crippen LogP) is 8.04. The molecule has 5 rings (SSSR count). The van der Waals surface area contributed by atoms with E-state index in [1.807, 2.05) is 0 Å². The molecule has 10 atom stereocenters. The van der Waals surface area contributed by atoms with Crippen molar-refractivity contribution in [3.63, 3.8) is 0 Å². The number of aliphatic hydroxyl groups excluding tert-OH is 1. The van der Waals surface area contributed by atoms with Crippen LogP contribution < -0.4 is 0 Å². The molecule has 0 aromatic carbocycles. The summed E-state index contributed by atoms with van der Waals surface area (Å²) in [6.45, 7) is 23.6. The Morgan fingerprint density at radius 1 is 0.853 bits per heavy atom. The van der Waals surface area contributed by atoms with E-state index in [9.17, 15) is 5.11 Å². The molecule has 0 bridgehead atoms. The molecule has 5 fully saturated rings. The fourth-order valence-electron chi connectivity index (χ4n) is 11.8. The molecule has 1 N–H and O–H groups in total. The summed E-state index contributed by atoms with van der Waals surface area (Å²) in [5, 5.41) is 11.0. The van der Waals surface area contributed by atoms with E-state index in [1.165, 1.54) is 63.4 Å². The zero-order valence-electron chi connectivity index (χ0n) is 23.5. The maximum atomic E-state index is 11.0. The van der Waals surface area contributed by atoms with Gasteiger partial charge in [-0.2, -0.15) is 0 Å². The van der Waals surface area contributed by atoms with Crippen molar-refractivity contribution in [2.75, 3.05) is 13.2 Å². The number of fused-ring (bicyclic) bond motifs is 7. The topological polar surface area (TPSA) is 29.5 Å². The smallest absolute Gasteiger partial charge is 0.0594 e. The normalized spacial score (nSPS) is 53.9. The largest absolute Gasteiger partial charge is 0.393 e. The Labute approximate surface area is 210 Å². The van der Waals surface area contributed by atoms with Gasteiger partial charge < -0.3 is 9.84 Å². The SMILES string of the molecule is C=C(C)[C@@H]1CC[C@]2(COCC)CC[C@]3(C)C(CCC4[C@@]5(C)CC[C@H](O)C(C)(C)C5CC[C@]43C)C12. The first-order valence-corrected chi connectivity index (χ1v) is 14.8. The van der Waals surface area contributed by atoms with E-state index >= 15 is 0 Å². The lowest BCUT2D eigenvalue weighted by Crippen LogP contribution is -2.66.